The van der Waals surface area contributed by atoms with E-state index in [4.69, 9.17) is 4.74 Å². The van der Waals surface area contributed by atoms with Crippen LogP contribution in [0.2, 0.25) is 0 Å². The van der Waals surface area contributed by atoms with E-state index in [0.717, 1.165) is 29.6 Å². The molecule has 0 saturated carbocycles. The number of hydrogen-bond acceptors (Lipinski definition) is 1. The van der Waals surface area contributed by atoms with E-state index < -0.39 is 0 Å². The van der Waals surface area contributed by atoms with Crippen molar-refractivity contribution in [1.82, 2.24) is 0 Å². The first kappa shape index (κ1) is 13.9. The summed E-state index contributed by atoms with van der Waals surface area (Å²) in [5, 5.41) is 2.10. The van der Waals surface area contributed by atoms with E-state index in [1.807, 2.05) is 0 Å². The van der Waals surface area contributed by atoms with Crippen LogP contribution in [0.5, 0.6) is 0 Å². The molecule has 0 N–H and O–H groups in total. The van der Waals surface area contributed by atoms with E-state index in [2.05, 4.69) is 45.7 Å². The van der Waals surface area contributed by atoms with Crippen LogP contribution in [0.1, 0.15) is 26.7 Å². The van der Waals surface area contributed by atoms with E-state index in [9.17, 15) is 0 Å². The highest BCUT2D eigenvalue weighted by molar-refractivity contribution is 9.09. The highest BCUT2D eigenvalue weighted by Crippen LogP contribution is 2.34. The molecule has 0 aliphatic heterocycles. The fourth-order valence-corrected chi connectivity index (χ4v) is 3.51. The second-order valence-corrected chi connectivity index (χ2v) is 5.23. The van der Waals surface area contributed by atoms with Crippen molar-refractivity contribution < 1.29 is 4.74 Å². The topological polar surface area (TPSA) is 9.23 Å². The van der Waals surface area contributed by atoms with Crippen molar-refractivity contribution in [3.8, 4) is 0 Å². The molecule has 3 heteroatoms. The molecule has 0 aliphatic carbocycles. The summed E-state index contributed by atoms with van der Waals surface area (Å²) in [6.45, 7) is 5.39. The number of methoxy groups -OCH3 is 1. The fourth-order valence-electron chi connectivity index (χ4n) is 1.57. The second-order valence-electron chi connectivity index (χ2n) is 4.11. The van der Waals surface area contributed by atoms with Crippen LogP contribution in [0.15, 0.2) is 0 Å². The Morgan fingerprint density at radius 3 is 2.08 bits per heavy atom. The van der Waals surface area contributed by atoms with Crippen LogP contribution in [0.3, 0.4) is 0 Å². The van der Waals surface area contributed by atoms with Gasteiger partial charge in [-0.15, -0.1) is 0 Å². The molecule has 0 bridgehead atoms. The molecule has 0 heterocycles. The van der Waals surface area contributed by atoms with Gasteiger partial charge in [0.1, 0.15) is 0 Å². The van der Waals surface area contributed by atoms with Gasteiger partial charge in [-0.3, -0.25) is 0 Å². The number of hydrogen-bond donors (Lipinski definition) is 0. The van der Waals surface area contributed by atoms with Crippen molar-refractivity contribution >= 4 is 31.9 Å². The van der Waals surface area contributed by atoms with Crippen molar-refractivity contribution in [2.45, 2.75) is 26.7 Å². The Hall–Kier alpha value is 0.920. The molecule has 1 nitrogen and oxygen atoms in total. The van der Waals surface area contributed by atoms with Crippen LogP contribution in [0.4, 0.5) is 0 Å². The minimum absolute atomic E-state index is 0.365. The van der Waals surface area contributed by atoms with Gasteiger partial charge in [-0.1, -0.05) is 45.7 Å². The maximum absolute atomic E-state index is 5.14. The molecule has 0 aromatic heterocycles. The molecule has 0 radical (unpaired) electrons. The Labute approximate surface area is 98.9 Å². The maximum atomic E-state index is 5.14. The first-order valence-corrected chi connectivity index (χ1v) is 6.95. The number of alkyl halides is 2. The van der Waals surface area contributed by atoms with Crippen LogP contribution in [-0.4, -0.2) is 24.4 Å². The first-order valence-electron chi connectivity index (χ1n) is 4.71. The molecule has 0 atom stereocenters. The van der Waals surface area contributed by atoms with Gasteiger partial charge >= 0.3 is 0 Å². The molecule has 0 saturated heterocycles. The molecule has 80 valence electrons. The molecule has 0 fully saturated rings. The van der Waals surface area contributed by atoms with E-state index in [-0.39, 0.29) is 0 Å². The third-order valence-corrected chi connectivity index (χ3v) is 4.62. The van der Waals surface area contributed by atoms with Crippen LogP contribution in [0.25, 0.3) is 0 Å². The van der Waals surface area contributed by atoms with Gasteiger partial charge in [0.25, 0.3) is 0 Å². The van der Waals surface area contributed by atoms with E-state index >= 15 is 0 Å². The second kappa shape index (κ2) is 7.24. The lowest BCUT2D eigenvalue weighted by atomic mass is 9.81. The number of halogens is 2. The lowest BCUT2D eigenvalue weighted by Gasteiger charge is -2.31. The largest absolute Gasteiger partial charge is 0.385 e. The van der Waals surface area contributed by atoms with Crippen molar-refractivity contribution in [3.05, 3.63) is 0 Å². The summed E-state index contributed by atoms with van der Waals surface area (Å²) < 4.78 is 5.14. The average Bonchev–Trinajstić information content (AvgIpc) is 2.12. The Morgan fingerprint density at radius 2 is 1.77 bits per heavy atom. The van der Waals surface area contributed by atoms with Crippen molar-refractivity contribution in [3.63, 3.8) is 0 Å². The third-order valence-electron chi connectivity index (χ3n) is 2.24. The Morgan fingerprint density at radius 1 is 1.23 bits per heavy atom. The molecule has 0 aliphatic rings. The third kappa shape index (κ3) is 5.38. The highest BCUT2D eigenvalue weighted by atomic mass is 79.9. The van der Waals surface area contributed by atoms with Gasteiger partial charge in [0.2, 0.25) is 0 Å². The molecule has 0 aromatic rings. The van der Waals surface area contributed by atoms with Gasteiger partial charge in [-0.05, 0) is 24.2 Å². The normalized spacial score (nSPS) is 12.5. The lowest BCUT2D eigenvalue weighted by Crippen LogP contribution is -2.28. The summed E-state index contributed by atoms with van der Waals surface area (Å²) >= 11 is 7.21. The Bertz CT molecular complexity index is 122. The summed E-state index contributed by atoms with van der Waals surface area (Å²) in [7, 11) is 1.77. The van der Waals surface area contributed by atoms with Gasteiger partial charge in [-0.25, -0.2) is 0 Å². The minimum Gasteiger partial charge on any atom is -0.385 e. The van der Waals surface area contributed by atoms with Gasteiger partial charge in [-0.2, -0.15) is 0 Å². The van der Waals surface area contributed by atoms with E-state index in [1.54, 1.807) is 7.11 Å². The predicted molar refractivity (Wildman–Crippen MR) is 66.0 cm³/mol. The highest BCUT2D eigenvalue weighted by Gasteiger charge is 2.28. The average molecular weight is 316 g/mol. The molecule has 13 heavy (non-hydrogen) atoms. The molecule has 0 unspecified atom stereocenters. The van der Waals surface area contributed by atoms with Crippen LogP contribution < -0.4 is 0 Å². The van der Waals surface area contributed by atoms with Gasteiger partial charge in [0.05, 0.1) is 0 Å². The molecule has 0 aromatic carbocycles. The van der Waals surface area contributed by atoms with E-state index in [0.29, 0.717) is 5.41 Å². The monoisotopic (exact) mass is 314 g/mol. The molecular weight excluding hydrogens is 296 g/mol. The SMILES string of the molecule is COCCC(CBr)(CBr)CC(C)C. The summed E-state index contributed by atoms with van der Waals surface area (Å²) in [6.07, 6.45) is 2.37. The molecule has 0 rings (SSSR count). The summed E-state index contributed by atoms with van der Waals surface area (Å²) in [4.78, 5) is 0. The predicted octanol–water partition coefficient (Wildman–Crippen LogP) is 3.85. The molecule has 0 spiro atoms. The Kier molecular flexibility index (Phi) is 7.76. The van der Waals surface area contributed by atoms with E-state index in [1.165, 1.54) is 6.42 Å². The summed E-state index contributed by atoms with van der Waals surface area (Å²) in [5.41, 5.74) is 0.365. The zero-order chi connectivity index (χ0) is 10.3. The minimum atomic E-state index is 0.365. The maximum Gasteiger partial charge on any atom is 0.0468 e. The lowest BCUT2D eigenvalue weighted by molar-refractivity contribution is 0.146. The quantitative estimate of drug-likeness (QED) is 0.648. The van der Waals surface area contributed by atoms with Crippen molar-refractivity contribution in [1.29, 1.82) is 0 Å². The fraction of sp³-hybridized carbons (Fsp3) is 1.00. The smallest absolute Gasteiger partial charge is 0.0468 e. The molecular formula is C10H20Br2O. The standard InChI is InChI=1S/C10H20Br2O/c1-9(2)6-10(7-11,8-12)4-5-13-3/h9H,4-8H2,1-3H3. The Balaban J connectivity index is 4.13. The zero-order valence-electron chi connectivity index (χ0n) is 8.78. The van der Waals surface area contributed by atoms with Gasteiger partial charge in [0.15, 0.2) is 0 Å². The zero-order valence-corrected chi connectivity index (χ0v) is 11.9. The first-order chi connectivity index (χ1) is 6.10. The van der Waals surface area contributed by atoms with Crippen LogP contribution in [0, 0.1) is 11.3 Å². The van der Waals surface area contributed by atoms with Crippen LogP contribution in [-0.2, 0) is 4.74 Å². The number of ether oxygens (including phenoxy) is 1. The molecule has 0 amide bonds. The van der Waals surface area contributed by atoms with Crippen molar-refractivity contribution in [2.24, 2.45) is 11.3 Å². The van der Waals surface area contributed by atoms with Crippen LogP contribution >= 0.6 is 31.9 Å². The summed E-state index contributed by atoms with van der Waals surface area (Å²) in [6, 6.07) is 0. The summed E-state index contributed by atoms with van der Waals surface area (Å²) in [5.74, 6) is 0.743. The van der Waals surface area contributed by atoms with Crippen molar-refractivity contribution in [2.75, 3.05) is 24.4 Å². The van der Waals surface area contributed by atoms with Gasteiger partial charge in [0, 0.05) is 24.4 Å². The van der Waals surface area contributed by atoms with Gasteiger partial charge < -0.3 is 4.74 Å². The number of rotatable bonds is 7.